The summed E-state index contributed by atoms with van der Waals surface area (Å²) in [7, 11) is 6.46. The molecule has 3 heteroatoms. The van der Waals surface area contributed by atoms with E-state index in [1.165, 1.54) is 38.5 Å². The third-order valence-electron chi connectivity index (χ3n) is 5.66. The summed E-state index contributed by atoms with van der Waals surface area (Å²) in [6, 6.07) is 0. The first-order valence-electron chi connectivity index (χ1n) is 6.66. The van der Waals surface area contributed by atoms with Gasteiger partial charge in [-0.2, -0.15) is 0 Å². The Bertz CT molecular complexity index is 246. The van der Waals surface area contributed by atoms with Crippen LogP contribution in [0.5, 0.6) is 0 Å². The van der Waals surface area contributed by atoms with Gasteiger partial charge in [0.15, 0.2) is 0 Å². The van der Waals surface area contributed by atoms with Gasteiger partial charge in [0.05, 0.1) is 0 Å². The second-order valence-corrected chi connectivity index (χ2v) is 6.60. The lowest BCUT2D eigenvalue weighted by molar-refractivity contribution is -0.0720. The average Bonchev–Trinajstić information content (AvgIpc) is 2.28. The minimum atomic E-state index is 0.394. The minimum absolute atomic E-state index is 0.394. The molecule has 0 unspecified atom stereocenters. The maximum atomic E-state index is 3.65. The van der Waals surface area contributed by atoms with E-state index in [0.717, 1.165) is 5.92 Å². The van der Waals surface area contributed by atoms with E-state index in [4.69, 9.17) is 0 Å². The fourth-order valence-corrected chi connectivity index (χ4v) is 5.27. The number of hydrogen-bond acceptors (Lipinski definition) is 3. The molecule has 92 valence electrons. The maximum Gasteiger partial charge on any atom is 0.0216 e. The van der Waals surface area contributed by atoms with Gasteiger partial charge in [-0.05, 0) is 65.6 Å². The predicted molar refractivity (Wildman–Crippen MR) is 66.6 cm³/mol. The van der Waals surface area contributed by atoms with Gasteiger partial charge in [-0.1, -0.05) is 0 Å². The van der Waals surface area contributed by atoms with Crippen molar-refractivity contribution in [1.29, 1.82) is 0 Å². The van der Waals surface area contributed by atoms with Crippen molar-refractivity contribution >= 4 is 0 Å². The Morgan fingerprint density at radius 3 is 1.25 bits per heavy atom. The Labute approximate surface area is 98.8 Å². The van der Waals surface area contributed by atoms with Crippen LogP contribution in [0.2, 0.25) is 0 Å². The molecule has 3 N–H and O–H groups in total. The lowest BCUT2D eigenvalue weighted by Crippen LogP contribution is -2.75. The van der Waals surface area contributed by atoms with Gasteiger partial charge in [-0.25, -0.2) is 0 Å². The summed E-state index contributed by atoms with van der Waals surface area (Å²) in [4.78, 5) is 0. The summed E-state index contributed by atoms with van der Waals surface area (Å²) >= 11 is 0. The van der Waals surface area contributed by atoms with Gasteiger partial charge in [0.1, 0.15) is 0 Å². The molecule has 4 saturated carbocycles. The molecular formula is C13H25N3. The third kappa shape index (κ3) is 1.31. The summed E-state index contributed by atoms with van der Waals surface area (Å²) in [6.07, 6.45) is 8.09. The fraction of sp³-hybridized carbons (Fsp3) is 1.00. The van der Waals surface area contributed by atoms with E-state index in [0.29, 0.717) is 16.6 Å². The van der Waals surface area contributed by atoms with Crippen LogP contribution in [-0.4, -0.2) is 37.8 Å². The van der Waals surface area contributed by atoms with Crippen LogP contribution in [0, 0.1) is 5.92 Å². The molecule has 0 heterocycles. The SMILES string of the molecule is CNC12CC3CC(NC)(C1)CC(NC)(C3)C2. The Balaban J connectivity index is 1.99. The van der Waals surface area contributed by atoms with E-state index in [1.54, 1.807) is 0 Å². The van der Waals surface area contributed by atoms with Gasteiger partial charge in [-0.3, -0.25) is 0 Å². The second kappa shape index (κ2) is 3.21. The lowest BCUT2D eigenvalue weighted by atomic mass is 9.47. The van der Waals surface area contributed by atoms with E-state index < -0.39 is 0 Å². The standard InChI is InChI=1S/C13H25N3/c1-14-11-4-10-5-12(7-11,15-2)9-13(6-10,8-11)16-3/h10,14-16H,4-9H2,1-3H3. The molecule has 0 aromatic carbocycles. The van der Waals surface area contributed by atoms with Crippen molar-refractivity contribution in [2.24, 2.45) is 5.92 Å². The molecule has 4 rings (SSSR count). The van der Waals surface area contributed by atoms with E-state index in [1.807, 2.05) is 0 Å². The molecular weight excluding hydrogens is 198 g/mol. The van der Waals surface area contributed by atoms with Crippen LogP contribution in [0.25, 0.3) is 0 Å². The number of nitrogens with one attached hydrogen (secondary N) is 3. The smallest absolute Gasteiger partial charge is 0.0216 e. The van der Waals surface area contributed by atoms with Crippen molar-refractivity contribution in [2.45, 2.75) is 55.1 Å². The van der Waals surface area contributed by atoms with Gasteiger partial charge in [-0.15, -0.1) is 0 Å². The number of rotatable bonds is 3. The second-order valence-electron chi connectivity index (χ2n) is 6.60. The zero-order valence-electron chi connectivity index (χ0n) is 10.8. The van der Waals surface area contributed by atoms with Crippen LogP contribution in [0.3, 0.4) is 0 Å². The highest BCUT2D eigenvalue weighted by Crippen LogP contribution is 2.58. The molecule has 4 fully saturated rings. The highest BCUT2D eigenvalue weighted by Gasteiger charge is 2.62. The Morgan fingerprint density at radius 1 is 0.688 bits per heavy atom. The van der Waals surface area contributed by atoms with E-state index in [9.17, 15) is 0 Å². The monoisotopic (exact) mass is 223 g/mol. The van der Waals surface area contributed by atoms with Crippen LogP contribution < -0.4 is 16.0 Å². The maximum absolute atomic E-state index is 3.65. The fourth-order valence-electron chi connectivity index (χ4n) is 5.27. The highest BCUT2D eigenvalue weighted by atomic mass is 15.1. The van der Waals surface area contributed by atoms with Crippen LogP contribution in [0.4, 0.5) is 0 Å². The summed E-state index contributed by atoms with van der Waals surface area (Å²) in [6.45, 7) is 0. The van der Waals surface area contributed by atoms with Gasteiger partial charge >= 0.3 is 0 Å². The molecule has 0 aliphatic heterocycles. The van der Waals surface area contributed by atoms with Gasteiger partial charge < -0.3 is 16.0 Å². The van der Waals surface area contributed by atoms with Gasteiger partial charge in [0.2, 0.25) is 0 Å². The van der Waals surface area contributed by atoms with E-state index in [2.05, 4.69) is 37.1 Å². The molecule has 0 amide bonds. The topological polar surface area (TPSA) is 36.1 Å². The van der Waals surface area contributed by atoms with E-state index in [-0.39, 0.29) is 0 Å². The van der Waals surface area contributed by atoms with Crippen molar-refractivity contribution < 1.29 is 0 Å². The third-order valence-corrected chi connectivity index (χ3v) is 5.66. The summed E-state index contributed by atoms with van der Waals surface area (Å²) in [5.74, 6) is 0.906. The average molecular weight is 223 g/mol. The van der Waals surface area contributed by atoms with Crippen molar-refractivity contribution in [3.8, 4) is 0 Å². The van der Waals surface area contributed by atoms with Gasteiger partial charge in [0.25, 0.3) is 0 Å². The molecule has 16 heavy (non-hydrogen) atoms. The van der Waals surface area contributed by atoms with Crippen molar-refractivity contribution in [2.75, 3.05) is 21.1 Å². The molecule has 0 spiro atoms. The van der Waals surface area contributed by atoms with E-state index >= 15 is 0 Å². The molecule has 4 bridgehead atoms. The Morgan fingerprint density at radius 2 is 1.00 bits per heavy atom. The van der Waals surface area contributed by atoms with Crippen molar-refractivity contribution in [1.82, 2.24) is 16.0 Å². The molecule has 4 aliphatic rings. The molecule has 0 atom stereocenters. The quantitative estimate of drug-likeness (QED) is 0.664. The Hall–Kier alpha value is -0.120. The molecule has 4 aliphatic carbocycles. The first-order valence-corrected chi connectivity index (χ1v) is 6.66. The van der Waals surface area contributed by atoms with Crippen molar-refractivity contribution in [3.63, 3.8) is 0 Å². The zero-order chi connectivity index (χ0) is 11.4. The first-order chi connectivity index (χ1) is 7.59. The molecule has 0 saturated heterocycles. The van der Waals surface area contributed by atoms with Crippen LogP contribution in [0.1, 0.15) is 38.5 Å². The van der Waals surface area contributed by atoms with Crippen LogP contribution >= 0.6 is 0 Å². The largest absolute Gasteiger partial charge is 0.314 e. The minimum Gasteiger partial charge on any atom is -0.314 e. The summed E-state index contributed by atoms with van der Waals surface area (Å²) < 4.78 is 0. The zero-order valence-corrected chi connectivity index (χ0v) is 10.8. The molecule has 0 aromatic rings. The van der Waals surface area contributed by atoms with Crippen LogP contribution in [0.15, 0.2) is 0 Å². The Kier molecular flexibility index (Phi) is 2.21. The summed E-state index contributed by atoms with van der Waals surface area (Å²) in [5, 5.41) is 10.9. The highest BCUT2D eigenvalue weighted by molar-refractivity contribution is 5.22. The predicted octanol–water partition coefficient (Wildman–Crippen LogP) is 0.859. The molecule has 3 nitrogen and oxygen atoms in total. The van der Waals surface area contributed by atoms with Gasteiger partial charge in [0, 0.05) is 16.6 Å². The molecule has 0 aromatic heterocycles. The summed E-state index contributed by atoms with van der Waals surface area (Å²) in [5.41, 5.74) is 1.18. The molecule has 0 radical (unpaired) electrons. The van der Waals surface area contributed by atoms with Crippen molar-refractivity contribution in [3.05, 3.63) is 0 Å². The normalized spacial score (nSPS) is 54.6. The van der Waals surface area contributed by atoms with Crippen LogP contribution in [-0.2, 0) is 0 Å². The first kappa shape index (κ1) is 11.0. The number of hydrogen-bond donors (Lipinski definition) is 3. The lowest BCUT2D eigenvalue weighted by Gasteiger charge is -2.66.